The summed E-state index contributed by atoms with van der Waals surface area (Å²) in [5.41, 5.74) is 5.73. The van der Waals surface area contributed by atoms with Crippen LogP contribution in [-0.2, 0) is 7.05 Å². The van der Waals surface area contributed by atoms with Gasteiger partial charge in [-0.1, -0.05) is 0 Å². The Hall–Kier alpha value is -1.30. The van der Waals surface area contributed by atoms with Gasteiger partial charge in [0.25, 0.3) is 0 Å². The van der Waals surface area contributed by atoms with Gasteiger partial charge in [-0.2, -0.15) is 4.80 Å². The number of carbonyl (C=O) groups excluding carboxylic acids is 1. The van der Waals surface area contributed by atoms with Gasteiger partial charge in [-0.25, -0.2) is 0 Å². The number of aryl methyl sites for hydroxylation is 1. The predicted octanol–water partition coefficient (Wildman–Crippen LogP) is -0.480. The van der Waals surface area contributed by atoms with Gasteiger partial charge < -0.3 is 5.73 Å². The molecular formula is C8H13N5O. The quantitative estimate of drug-likeness (QED) is 0.644. The van der Waals surface area contributed by atoms with Crippen molar-refractivity contribution < 1.29 is 4.79 Å². The van der Waals surface area contributed by atoms with E-state index in [9.17, 15) is 4.79 Å². The maximum absolute atomic E-state index is 11.8. The molecule has 6 heteroatoms. The summed E-state index contributed by atoms with van der Waals surface area (Å²) < 4.78 is 0. The van der Waals surface area contributed by atoms with Gasteiger partial charge in [-0.05, 0) is 24.5 Å². The molecule has 0 aromatic carbocycles. The van der Waals surface area contributed by atoms with Crippen LogP contribution < -0.4 is 5.73 Å². The van der Waals surface area contributed by atoms with Crippen molar-refractivity contribution in [3.8, 4) is 0 Å². The lowest BCUT2D eigenvalue weighted by Gasteiger charge is -2.03. The molecule has 1 aliphatic carbocycles. The van der Waals surface area contributed by atoms with E-state index < -0.39 is 0 Å². The lowest BCUT2D eigenvalue weighted by molar-refractivity contribution is 0.0911. The summed E-state index contributed by atoms with van der Waals surface area (Å²) in [6.07, 6.45) is 2.51. The van der Waals surface area contributed by atoms with Gasteiger partial charge in [0.15, 0.2) is 0 Å². The number of tetrazole rings is 1. The van der Waals surface area contributed by atoms with Crippen molar-refractivity contribution in [3.05, 3.63) is 5.82 Å². The second kappa shape index (κ2) is 3.45. The second-order valence-electron chi connectivity index (χ2n) is 3.74. The van der Waals surface area contributed by atoms with E-state index >= 15 is 0 Å². The molecule has 2 atom stereocenters. The molecule has 0 amide bonds. The van der Waals surface area contributed by atoms with Crippen LogP contribution in [0.4, 0.5) is 0 Å². The Kier molecular flexibility index (Phi) is 2.28. The smallest absolute Gasteiger partial charge is 0.240 e. The maximum Gasteiger partial charge on any atom is 0.240 e. The number of hydrogen-bond donors (Lipinski definition) is 1. The van der Waals surface area contributed by atoms with E-state index in [4.69, 9.17) is 5.73 Å². The predicted molar refractivity (Wildman–Crippen MR) is 48.4 cm³/mol. The molecule has 1 heterocycles. The zero-order valence-electron chi connectivity index (χ0n) is 8.05. The zero-order valence-corrected chi connectivity index (χ0v) is 8.05. The van der Waals surface area contributed by atoms with Crippen LogP contribution in [0.15, 0.2) is 0 Å². The first-order chi connectivity index (χ1) is 6.66. The number of nitrogens with zero attached hydrogens (tertiary/aromatic N) is 4. The summed E-state index contributed by atoms with van der Waals surface area (Å²) in [6, 6.07) is 0.153. The van der Waals surface area contributed by atoms with Gasteiger partial charge in [-0.15, -0.1) is 10.2 Å². The minimum absolute atomic E-state index is 0.00537. The van der Waals surface area contributed by atoms with Crippen LogP contribution in [0.2, 0.25) is 0 Å². The molecular weight excluding hydrogens is 182 g/mol. The van der Waals surface area contributed by atoms with Gasteiger partial charge in [0, 0.05) is 12.0 Å². The van der Waals surface area contributed by atoms with Crippen LogP contribution in [0, 0.1) is 5.92 Å². The van der Waals surface area contributed by atoms with Crippen LogP contribution in [-0.4, -0.2) is 32.0 Å². The average molecular weight is 195 g/mol. The normalized spacial score (nSPS) is 26.7. The molecule has 0 radical (unpaired) electrons. The van der Waals surface area contributed by atoms with E-state index in [0.717, 1.165) is 19.3 Å². The number of Topliss-reactive ketones (excluding diaryl/α,β-unsaturated/α-hetero) is 1. The Bertz CT molecular complexity index is 347. The van der Waals surface area contributed by atoms with E-state index in [1.807, 2.05) is 0 Å². The van der Waals surface area contributed by atoms with Crippen molar-refractivity contribution in [1.29, 1.82) is 0 Å². The average Bonchev–Trinajstić information content (AvgIpc) is 2.73. The maximum atomic E-state index is 11.8. The molecule has 0 saturated heterocycles. The van der Waals surface area contributed by atoms with Crippen molar-refractivity contribution in [3.63, 3.8) is 0 Å². The largest absolute Gasteiger partial charge is 0.328 e. The number of nitrogens with two attached hydrogens (primary N) is 1. The number of ketones is 1. The molecule has 0 bridgehead atoms. The van der Waals surface area contributed by atoms with E-state index in [1.54, 1.807) is 7.05 Å². The Labute approximate surface area is 81.5 Å². The fraction of sp³-hybridized carbons (Fsp3) is 0.750. The molecule has 0 spiro atoms. The molecule has 1 saturated carbocycles. The molecule has 1 aromatic heterocycles. The minimum atomic E-state index is -0.0222. The number of aromatic nitrogens is 4. The second-order valence-corrected chi connectivity index (χ2v) is 3.74. The molecule has 0 aliphatic heterocycles. The van der Waals surface area contributed by atoms with E-state index in [0.29, 0.717) is 0 Å². The highest BCUT2D eigenvalue weighted by molar-refractivity contribution is 5.94. The SMILES string of the molecule is Cn1nnc(C(=O)C2CCC(N)C2)n1. The molecule has 6 nitrogen and oxygen atoms in total. The van der Waals surface area contributed by atoms with Crippen LogP contribution in [0.5, 0.6) is 0 Å². The fourth-order valence-corrected chi connectivity index (χ4v) is 1.82. The highest BCUT2D eigenvalue weighted by Crippen LogP contribution is 2.26. The summed E-state index contributed by atoms with van der Waals surface area (Å²) in [5.74, 6) is 0.187. The van der Waals surface area contributed by atoms with Crippen LogP contribution in [0.25, 0.3) is 0 Å². The van der Waals surface area contributed by atoms with Crippen molar-refractivity contribution in [2.45, 2.75) is 25.3 Å². The molecule has 76 valence electrons. The summed E-state index contributed by atoms with van der Waals surface area (Å²) in [6.45, 7) is 0. The Morgan fingerprint density at radius 1 is 1.57 bits per heavy atom. The van der Waals surface area contributed by atoms with E-state index in [-0.39, 0.29) is 23.6 Å². The Balaban J connectivity index is 2.09. The molecule has 1 aromatic rings. The van der Waals surface area contributed by atoms with Crippen LogP contribution in [0.1, 0.15) is 29.9 Å². The highest BCUT2D eigenvalue weighted by Gasteiger charge is 2.30. The summed E-state index contributed by atoms with van der Waals surface area (Å²) in [7, 11) is 1.64. The molecule has 1 aliphatic rings. The molecule has 1 fully saturated rings. The van der Waals surface area contributed by atoms with Crippen molar-refractivity contribution >= 4 is 5.78 Å². The lowest BCUT2D eigenvalue weighted by Crippen LogP contribution is -2.19. The van der Waals surface area contributed by atoms with Crippen LogP contribution >= 0.6 is 0 Å². The Morgan fingerprint density at radius 3 is 2.86 bits per heavy atom. The first-order valence-electron chi connectivity index (χ1n) is 4.70. The molecule has 2 N–H and O–H groups in total. The molecule has 14 heavy (non-hydrogen) atoms. The van der Waals surface area contributed by atoms with Gasteiger partial charge >= 0.3 is 0 Å². The third-order valence-electron chi connectivity index (χ3n) is 2.57. The third kappa shape index (κ3) is 1.65. The zero-order chi connectivity index (χ0) is 10.1. The fourth-order valence-electron chi connectivity index (χ4n) is 1.82. The number of hydrogen-bond acceptors (Lipinski definition) is 5. The van der Waals surface area contributed by atoms with E-state index in [1.165, 1.54) is 4.80 Å². The highest BCUT2D eigenvalue weighted by atomic mass is 16.1. The molecule has 2 rings (SSSR count). The summed E-state index contributed by atoms with van der Waals surface area (Å²) in [5, 5.41) is 11.2. The summed E-state index contributed by atoms with van der Waals surface area (Å²) in [4.78, 5) is 13.1. The lowest BCUT2D eigenvalue weighted by atomic mass is 10.0. The van der Waals surface area contributed by atoms with Crippen molar-refractivity contribution in [1.82, 2.24) is 20.2 Å². The number of rotatable bonds is 2. The topological polar surface area (TPSA) is 86.7 Å². The minimum Gasteiger partial charge on any atom is -0.328 e. The van der Waals surface area contributed by atoms with E-state index in [2.05, 4.69) is 15.4 Å². The first kappa shape index (κ1) is 9.26. The van der Waals surface area contributed by atoms with Crippen molar-refractivity contribution in [2.24, 2.45) is 18.7 Å². The first-order valence-corrected chi connectivity index (χ1v) is 4.70. The van der Waals surface area contributed by atoms with Gasteiger partial charge in [-0.3, -0.25) is 4.79 Å². The monoisotopic (exact) mass is 195 g/mol. The number of carbonyl (C=O) groups is 1. The molecule has 2 unspecified atom stereocenters. The van der Waals surface area contributed by atoms with Crippen molar-refractivity contribution in [2.75, 3.05) is 0 Å². The standard InChI is InChI=1S/C8H13N5O/c1-13-11-8(10-12-13)7(14)5-2-3-6(9)4-5/h5-6H,2-4,9H2,1H3. The summed E-state index contributed by atoms with van der Waals surface area (Å²) >= 11 is 0. The Morgan fingerprint density at radius 2 is 2.36 bits per heavy atom. The van der Waals surface area contributed by atoms with Gasteiger partial charge in [0.05, 0.1) is 7.05 Å². The van der Waals surface area contributed by atoms with Gasteiger partial charge in [0.2, 0.25) is 11.6 Å². The van der Waals surface area contributed by atoms with Gasteiger partial charge in [0.1, 0.15) is 0 Å². The van der Waals surface area contributed by atoms with Crippen LogP contribution in [0.3, 0.4) is 0 Å². The third-order valence-corrected chi connectivity index (χ3v) is 2.57.